The Morgan fingerprint density at radius 3 is 2.87 bits per heavy atom. The minimum absolute atomic E-state index is 0.101. The summed E-state index contributed by atoms with van der Waals surface area (Å²) in [5, 5.41) is 4.50. The number of halogens is 2. The molecule has 0 amide bonds. The lowest BCUT2D eigenvalue weighted by Gasteiger charge is -2.13. The van der Waals surface area contributed by atoms with Crippen molar-refractivity contribution in [1.82, 2.24) is 9.97 Å². The van der Waals surface area contributed by atoms with Gasteiger partial charge in [0.15, 0.2) is 0 Å². The predicted molar refractivity (Wildman–Crippen MR) is 93.5 cm³/mol. The summed E-state index contributed by atoms with van der Waals surface area (Å²) in [6.45, 7) is 1.89. The maximum atomic E-state index is 13.3. The van der Waals surface area contributed by atoms with Crippen LogP contribution in [0.25, 0.3) is 10.2 Å². The van der Waals surface area contributed by atoms with Gasteiger partial charge in [0, 0.05) is 10.6 Å². The Balaban J connectivity index is 1.85. The predicted octanol–water partition coefficient (Wildman–Crippen LogP) is 5.41. The van der Waals surface area contributed by atoms with Crippen molar-refractivity contribution < 1.29 is 4.39 Å². The molecule has 1 aliphatic carbocycles. The number of anilines is 2. The summed E-state index contributed by atoms with van der Waals surface area (Å²) in [4.78, 5) is 11.6. The van der Waals surface area contributed by atoms with E-state index in [-0.39, 0.29) is 5.02 Å². The van der Waals surface area contributed by atoms with Crippen molar-refractivity contribution in [1.29, 1.82) is 0 Å². The maximum absolute atomic E-state index is 13.3. The van der Waals surface area contributed by atoms with Crippen molar-refractivity contribution in [3.8, 4) is 0 Å². The molecule has 3 nitrogen and oxygen atoms in total. The number of nitrogens with zero attached hydrogens (tertiary/aromatic N) is 2. The quantitative estimate of drug-likeness (QED) is 0.673. The van der Waals surface area contributed by atoms with Gasteiger partial charge in [0.1, 0.15) is 22.3 Å². The van der Waals surface area contributed by atoms with Gasteiger partial charge in [-0.25, -0.2) is 14.4 Å². The molecule has 118 valence electrons. The molecule has 1 N–H and O–H groups in total. The molecule has 2 aromatic heterocycles. The van der Waals surface area contributed by atoms with Crippen LogP contribution in [0.15, 0.2) is 18.2 Å². The van der Waals surface area contributed by atoms with Crippen molar-refractivity contribution in [3.63, 3.8) is 0 Å². The number of fused-ring (bicyclic) bond motifs is 3. The van der Waals surface area contributed by atoms with Crippen LogP contribution in [-0.2, 0) is 12.8 Å². The van der Waals surface area contributed by atoms with Gasteiger partial charge in [-0.1, -0.05) is 11.6 Å². The van der Waals surface area contributed by atoms with Gasteiger partial charge in [-0.2, -0.15) is 0 Å². The van der Waals surface area contributed by atoms with E-state index in [9.17, 15) is 4.39 Å². The number of hydrogen-bond donors (Lipinski definition) is 1. The van der Waals surface area contributed by atoms with Gasteiger partial charge in [-0.3, -0.25) is 0 Å². The number of aromatic nitrogens is 2. The van der Waals surface area contributed by atoms with E-state index in [0.29, 0.717) is 0 Å². The van der Waals surface area contributed by atoms with Crippen LogP contribution in [0.3, 0.4) is 0 Å². The highest BCUT2D eigenvalue weighted by molar-refractivity contribution is 7.19. The van der Waals surface area contributed by atoms with Crippen LogP contribution in [0.5, 0.6) is 0 Å². The van der Waals surface area contributed by atoms with Crippen molar-refractivity contribution >= 4 is 44.7 Å². The number of benzene rings is 1. The van der Waals surface area contributed by atoms with E-state index in [1.807, 2.05) is 6.92 Å². The summed E-state index contributed by atoms with van der Waals surface area (Å²) in [7, 11) is 0. The van der Waals surface area contributed by atoms with Crippen LogP contribution in [0, 0.1) is 12.7 Å². The Hall–Kier alpha value is -1.72. The SMILES string of the molecule is Cc1nc(Nc2ccc(F)c(Cl)c2)c2c3c(sc2n1)CCCC3. The molecular weight excluding hydrogens is 333 g/mol. The monoisotopic (exact) mass is 347 g/mol. The van der Waals surface area contributed by atoms with E-state index >= 15 is 0 Å². The molecule has 2 heterocycles. The number of aryl methyl sites for hydroxylation is 3. The van der Waals surface area contributed by atoms with Gasteiger partial charge in [-0.15, -0.1) is 11.3 Å². The molecule has 4 rings (SSSR count). The number of nitrogens with one attached hydrogen (secondary N) is 1. The lowest BCUT2D eigenvalue weighted by molar-refractivity contribution is 0.628. The molecule has 1 aromatic carbocycles. The van der Waals surface area contributed by atoms with Crippen molar-refractivity contribution in [2.75, 3.05) is 5.32 Å². The highest BCUT2D eigenvalue weighted by Gasteiger charge is 2.20. The van der Waals surface area contributed by atoms with E-state index in [4.69, 9.17) is 11.6 Å². The third-order valence-electron chi connectivity index (χ3n) is 4.11. The molecule has 0 fully saturated rings. The second-order valence-electron chi connectivity index (χ2n) is 5.76. The number of thiophene rings is 1. The molecule has 0 saturated heterocycles. The van der Waals surface area contributed by atoms with E-state index in [2.05, 4.69) is 15.3 Å². The Bertz CT molecular complexity index is 906. The molecule has 0 radical (unpaired) electrons. The zero-order valence-corrected chi connectivity index (χ0v) is 14.2. The standard InChI is InChI=1S/C17H15ClFN3S/c1-9-20-16(22-10-6-7-13(19)12(18)8-10)15-11-4-2-3-5-14(11)23-17(15)21-9/h6-8H,2-5H2,1H3,(H,20,21,22). The molecule has 6 heteroatoms. The fourth-order valence-electron chi connectivity index (χ4n) is 3.07. The molecule has 0 saturated carbocycles. The van der Waals surface area contributed by atoms with E-state index in [0.717, 1.165) is 40.4 Å². The molecule has 1 aliphatic rings. The summed E-state index contributed by atoms with van der Waals surface area (Å²) in [5.41, 5.74) is 2.10. The number of hydrogen-bond acceptors (Lipinski definition) is 4. The Labute approximate surface area is 142 Å². The first-order valence-electron chi connectivity index (χ1n) is 7.63. The molecule has 0 unspecified atom stereocenters. The van der Waals surface area contributed by atoms with Gasteiger partial charge in [0.25, 0.3) is 0 Å². The largest absolute Gasteiger partial charge is 0.340 e. The van der Waals surface area contributed by atoms with Crippen LogP contribution in [-0.4, -0.2) is 9.97 Å². The zero-order valence-electron chi connectivity index (χ0n) is 12.6. The van der Waals surface area contributed by atoms with Crippen LogP contribution in [0.4, 0.5) is 15.9 Å². The van der Waals surface area contributed by atoms with E-state index < -0.39 is 5.82 Å². The zero-order chi connectivity index (χ0) is 16.0. The second kappa shape index (κ2) is 5.73. The van der Waals surface area contributed by atoms with Crippen molar-refractivity contribution in [2.45, 2.75) is 32.6 Å². The molecule has 0 bridgehead atoms. The van der Waals surface area contributed by atoms with Gasteiger partial charge in [-0.05, 0) is 56.4 Å². The highest BCUT2D eigenvalue weighted by Crippen LogP contribution is 2.39. The third kappa shape index (κ3) is 2.68. The minimum atomic E-state index is -0.422. The van der Waals surface area contributed by atoms with Crippen LogP contribution >= 0.6 is 22.9 Å². The lowest BCUT2D eigenvalue weighted by Crippen LogP contribution is -2.02. The molecule has 0 spiro atoms. The van der Waals surface area contributed by atoms with Gasteiger partial charge < -0.3 is 5.32 Å². The van der Waals surface area contributed by atoms with Gasteiger partial charge >= 0.3 is 0 Å². The molecule has 0 aliphatic heterocycles. The number of rotatable bonds is 2. The summed E-state index contributed by atoms with van der Waals surface area (Å²) >= 11 is 7.65. The van der Waals surface area contributed by atoms with Gasteiger partial charge in [0.05, 0.1) is 10.4 Å². The Morgan fingerprint density at radius 1 is 1.22 bits per heavy atom. The fraction of sp³-hybridized carbons (Fsp3) is 0.294. The molecule has 3 aromatic rings. The first kappa shape index (κ1) is 14.8. The molecule has 23 heavy (non-hydrogen) atoms. The van der Waals surface area contributed by atoms with E-state index in [1.54, 1.807) is 23.5 Å². The van der Waals surface area contributed by atoms with Crippen molar-refractivity contribution in [2.24, 2.45) is 0 Å². The summed E-state index contributed by atoms with van der Waals surface area (Å²) < 4.78 is 13.3. The summed E-state index contributed by atoms with van der Waals surface area (Å²) in [5.74, 6) is 1.09. The average Bonchev–Trinajstić information content (AvgIpc) is 2.89. The van der Waals surface area contributed by atoms with Crippen LogP contribution < -0.4 is 5.32 Å². The first-order chi connectivity index (χ1) is 11.1. The maximum Gasteiger partial charge on any atom is 0.143 e. The Morgan fingerprint density at radius 2 is 2.04 bits per heavy atom. The molecular formula is C17H15ClFN3S. The summed E-state index contributed by atoms with van der Waals surface area (Å²) in [6.07, 6.45) is 4.63. The van der Waals surface area contributed by atoms with Crippen LogP contribution in [0.2, 0.25) is 5.02 Å². The minimum Gasteiger partial charge on any atom is -0.340 e. The lowest BCUT2D eigenvalue weighted by atomic mass is 9.97. The summed E-state index contributed by atoms with van der Waals surface area (Å²) in [6, 6.07) is 4.61. The average molecular weight is 348 g/mol. The Kier molecular flexibility index (Phi) is 3.70. The van der Waals surface area contributed by atoms with Gasteiger partial charge in [0.2, 0.25) is 0 Å². The van der Waals surface area contributed by atoms with Crippen LogP contribution in [0.1, 0.15) is 29.1 Å². The molecule has 0 atom stereocenters. The normalized spacial score (nSPS) is 14.0. The topological polar surface area (TPSA) is 37.8 Å². The second-order valence-corrected chi connectivity index (χ2v) is 7.26. The third-order valence-corrected chi connectivity index (χ3v) is 5.58. The highest BCUT2D eigenvalue weighted by atomic mass is 35.5. The van der Waals surface area contributed by atoms with Crippen molar-refractivity contribution in [3.05, 3.63) is 45.3 Å². The van der Waals surface area contributed by atoms with E-state index in [1.165, 1.54) is 29.3 Å². The smallest absolute Gasteiger partial charge is 0.143 e. The fourth-order valence-corrected chi connectivity index (χ4v) is 4.55. The first-order valence-corrected chi connectivity index (χ1v) is 8.82.